The van der Waals surface area contributed by atoms with Crippen LogP contribution in [-0.2, 0) is 5.54 Å². The Balaban J connectivity index is 3.16. The lowest BCUT2D eigenvalue weighted by atomic mass is 10.1. The van der Waals surface area contributed by atoms with E-state index in [1.54, 1.807) is 0 Å². The van der Waals surface area contributed by atoms with Gasteiger partial charge in [0.1, 0.15) is 0 Å². The number of aromatic nitrogens is 2. The first-order valence-corrected chi connectivity index (χ1v) is 3.21. The van der Waals surface area contributed by atoms with Gasteiger partial charge in [-0.2, -0.15) is 5.10 Å². The third kappa shape index (κ3) is 1.51. The van der Waals surface area contributed by atoms with Gasteiger partial charge in [0.05, 0.1) is 28.1 Å². The molecule has 0 unspecified atom stereocenters. The predicted molar refractivity (Wildman–Crippen MR) is 43.0 cm³/mol. The van der Waals surface area contributed by atoms with Crippen molar-refractivity contribution in [2.24, 2.45) is 0 Å². The molecule has 1 rings (SSSR count). The number of anilines is 1. The van der Waals surface area contributed by atoms with E-state index in [0.717, 1.165) is 4.68 Å². The molecule has 0 saturated heterocycles. The summed E-state index contributed by atoms with van der Waals surface area (Å²) in [4.78, 5) is 0. The molecule has 4 nitrogen and oxygen atoms in total. The van der Waals surface area contributed by atoms with Crippen LogP contribution in [0, 0.1) is 0 Å². The summed E-state index contributed by atoms with van der Waals surface area (Å²) >= 11 is 0. The first-order chi connectivity index (χ1) is 6.16. The average Bonchev–Trinajstić information content (AvgIpc) is 2.30. The first-order valence-electron chi connectivity index (χ1n) is 4.71. The summed E-state index contributed by atoms with van der Waals surface area (Å²) in [5.74, 6) is 0. The van der Waals surface area contributed by atoms with Crippen LogP contribution in [-0.4, -0.2) is 21.4 Å². The van der Waals surface area contributed by atoms with Crippen molar-refractivity contribution in [3.8, 4) is 0 Å². The normalized spacial score (nSPS) is 17.2. The second-order valence-electron chi connectivity index (χ2n) is 2.81. The van der Waals surface area contributed by atoms with Gasteiger partial charge in [-0.15, -0.1) is 0 Å². The molecule has 0 radical (unpaired) electrons. The smallest absolute Gasteiger partial charge is 0.0882 e. The molecule has 0 fully saturated rings. The Labute approximate surface area is 69.8 Å². The standard InChI is InChI=1S/C7H13N3O/c1-7(2,5-11)10-4-6(8)3-9-10/h3-4,11H,5,8H2,1-2H3/i3D,5D2. The highest BCUT2D eigenvalue weighted by molar-refractivity contribution is 5.30. The molecule has 0 aromatic carbocycles. The lowest BCUT2D eigenvalue weighted by Gasteiger charge is -2.21. The van der Waals surface area contributed by atoms with Crippen molar-refractivity contribution in [2.45, 2.75) is 19.4 Å². The van der Waals surface area contributed by atoms with E-state index in [0.29, 0.717) is 0 Å². The third-order valence-corrected chi connectivity index (χ3v) is 1.39. The number of hydrogen-bond donors (Lipinski definition) is 2. The summed E-state index contributed by atoms with van der Waals surface area (Å²) in [5.41, 5.74) is 4.30. The molecule has 3 N–H and O–H groups in total. The third-order valence-electron chi connectivity index (χ3n) is 1.39. The largest absolute Gasteiger partial charge is 0.396 e. The van der Waals surface area contributed by atoms with Crippen molar-refractivity contribution in [2.75, 3.05) is 12.3 Å². The molecule has 1 aromatic rings. The minimum Gasteiger partial charge on any atom is -0.396 e. The van der Waals surface area contributed by atoms with Gasteiger partial charge in [-0.25, -0.2) is 0 Å². The van der Waals surface area contributed by atoms with Gasteiger partial charge in [-0.3, -0.25) is 4.68 Å². The van der Waals surface area contributed by atoms with Crippen LogP contribution in [0.5, 0.6) is 0 Å². The fourth-order valence-electron chi connectivity index (χ4n) is 0.639. The van der Waals surface area contributed by atoms with Gasteiger partial charge in [0.15, 0.2) is 0 Å². The van der Waals surface area contributed by atoms with Gasteiger partial charge in [0, 0.05) is 6.20 Å². The van der Waals surface area contributed by atoms with E-state index >= 15 is 0 Å². The van der Waals surface area contributed by atoms with E-state index in [1.807, 2.05) is 0 Å². The zero-order valence-corrected chi connectivity index (χ0v) is 6.50. The molecule has 0 saturated carbocycles. The maximum Gasteiger partial charge on any atom is 0.0882 e. The maximum atomic E-state index is 9.27. The van der Waals surface area contributed by atoms with Crippen molar-refractivity contribution in [1.82, 2.24) is 9.78 Å². The molecular weight excluding hydrogens is 142 g/mol. The molecule has 0 aliphatic carbocycles. The molecule has 0 bridgehead atoms. The van der Waals surface area contributed by atoms with Crippen LogP contribution < -0.4 is 5.73 Å². The number of nitrogens with two attached hydrogens (primary N) is 1. The number of nitrogen functional groups attached to an aromatic ring is 1. The number of nitrogens with zero attached hydrogens (tertiary/aromatic N) is 2. The Morgan fingerprint density at radius 2 is 2.64 bits per heavy atom. The molecule has 0 amide bonds. The van der Waals surface area contributed by atoms with Crippen molar-refractivity contribution in [1.29, 1.82) is 0 Å². The van der Waals surface area contributed by atoms with Gasteiger partial charge in [-0.05, 0) is 13.8 Å². The summed E-state index contributed by atoms with van der Waals surface area (Å²) in [5, 5.41) is 13.0. The maximum absolute atomic E-state index is 9.27. The van der Waals surface area contributed by atoms with Crippen molar-refractivity contribution in [3.63, 3.8) is 0 Å². The van der Waals surface area contributed by atoms with Crippen LogP contribution in [0.3, 0.4) is 0 Å². The van der Waals surface area contributed by atoms with Crippen molar-refractivity contribution >= 4 is 5.69 Å². The first kappa shape index (κ1) is 4.77. The fraction of sp³-hybridized carbons (Fsp3) is 0.571. The lowest BCUT2D eigenvalue weighted by Crippen LogP contribution is -2.30. The molecule has 4 heteroatoms. The second kappa shape index (κ2) is 2.54. The predicted octanol–water partition coefficient (Wildman–Crippen LogP) is 0.193. The molecule has 0 spiro atoms. The number of aliphatic hydroxyl groups is 1. The molecular formula is C7H13N3O. The van der Waals surface area contributed by atoms with Crippen LogP contribution in [0.25, 0.3) is 0 Å². The Morgan fingerprint density at radius 1 is 2.00 bits per heavy atom. The fourth-order valence-corrected chi connectivity index (χ4v) is 0.639. The second-order valence-corrected chi connectivity index (χ2v) is 2.81. The van der Waals surface area contributed by atoms with Crippen LogP contribution in [0.4, 0.5) is 5.69 Å². The topological polar surface area (TPSA) is 64.1 Å². The van der Waals surface area contributed by atoms with Crippen LogP contribution in [0.2, 0.25) is 0 Å². The SMILES string of the molecule is [2H]c1nn(C(C)(C)C([2H])([2H])O)cc1N. The summed E-state index contributed by atoms with van der Waals surface area (Å²) in [7, 11) is 0. The Kier molecular flexibility index (Phi) is 1.10. The molecule has 0 atom stereocenters. The van der Waals surface area contributed by atoms with Gasteiger partial charge < -0.3 is 10.8 Å². The van der Waals surface area contributed by atoms with E-state index in [9.17, 15) is 5.11 Å². The monoisotopic (exact) mass is 158 g/mol. The minimum absolute atomic E-state index is 0.123. The highest BCUT2D eigenvalue weighted by Crippen LogP contribution is 2.13. The van der Waals surface area contributed by atoms with E-state index in [1.165, 1.54) is 20.0 Å². The van der Waals surface area contributed by atoms with E-state index in [-0.39, 0.29) is 11.9 Å². The van der Waals surface area contributed by atoms with Gasteiger partial charge in [0.2, 0.25) is 0 Å². The number of hydrogen-bond acceptors (Lipinski definition) is 3. The highest BCUT2D eigenvalue weighted by atomic mass is 16.3. The zero-order valence-electron chi connectivity index (χ0n) is 9.50. The van der Waals surface area contributed by atoms with E-state index in [2.05, 4.69) is 5.10 Å². The van der Waals surface area contributed by atoms with Crippen LogP contribution in [0.1, 0.15) is 18.0 Å². The average molecular weight is 158 g/mol. The van der Waals surface area contributed by atoms with Crippen molar-refractivity contribution in [3.05, 3.63) is 12.4 Å². The Morgan fingerprint density at radius 3 is 3.00 bits per heavy atom. The molecule has 62 valence electrons. The van der Waals surface area contributed by atoms with Crippen molar-refractivity contribution < 1.29 is 9.22 Å². The molecule has 11 heavy (non-hydrogen) atoms. The lowest BCUT2D eigenvalue weighted by molar-refractivity contribution is 0.152. The van der Waals surface area contributed by atoms with Crippen LogP contribution >= 0.6 is 0 Å². The minimum atomic E-state index is -2.43. The zero-order chi connectivity index (χ0) is 11.1. The van der Waals surface area contributed by atoms with E-state index in [4.69, 9.17) is 9.85 Å². The summed E-state index contributed by atoms with van der Waals surface area (Å²) in [6, 6.07) is 0. The number of rotatable bonds is 2. The van der Waals surface area contributed by atoms with Crippen LogP contribution in [0.15, 0.2) is 12.4 Å². The van der Waals surface area contributed by atoms with E-state index < -0.39 is 12.1 Å². The molecule has 0 aliphatic heterocycles. The molecule has 1 aromatic heterocycles. The quantitative estimate of drug-likeness (QED) is 0.646. The molecule has 0 aliphatic rings. The Bertz CT molecular complexity index is 323. The highest BCUT2D eigenvalue weighted by Gasteiger charge is 2.18. The summed E-state index contributed by atoms with van der Waals surface area (Å²) < 4.78 is 22.8. The summed E-state index contributed by atoms with van der Waals surface area (Å²) in [6.07, 6.45) is 1.21. The molecule has 1 heterocycles. The summed E-state index contributed by atoms with van der Waals surface area (Å²) in [6.45, 7) is 0.510. The Hall–Kier alpha value is -1.03. The van der Waals surface area contributed by atoms with Gasteiger partial charge >= 0.3 is 0 Å². The van der Waals surface area contributed by atoms with Gasteiger partial charge in [0.25, 0.3) is 0 Å². The van der Waals surface area contributed by atoms with Gasteiger partial charge in [-0.1, -0.05) is 0 Å².